The predicted molar refractivity (Wildman–Crippen MR) is 102 cm³/mol. The van der Waals surface area contributed by atoms with Crippen LogP contribution in [-0.2, 0) is 6.54 Å². The van der Waals surface area contributed by atoms with Crippen LogP contribution < -0.4 is 5.32 Å². The molecule has 0 radical (unpaired) electrons. The lowest BCUT2D eigenvalue weighted by Crippen LogP contribution is -2.23. The van der Waals surface area contributed by atoms with Crippen LogP contribution in [-0.4, -0.2) is 20.8 Å². The minimum Gasteiger partial charge on any atom is -0.434 e. The van der Waals surface area contributed by atoms with E-state index in [4.69, 9.17) is 4.42 Å². The average molecular weight is 374 g/mol. The first kappa shape index (κ1) is 17.3. The molecular formula is C20H14N4O4. The van der Waals surface area contributed by atoms with Crippen LogP contribution in [0, 0.1) is 10.1 Å². The number of hydrogen-bond donors (Lipinski definition) is 1. The van der Waals surface area contributed by atoms with Crippen LogP contribution in [0.4, 0.5) is 5.69 Å². The largest absolute Gasteiger partial charge is 0.434 e. The van der Waals surface area contributed by atoms with Crippen LogP contribution in [0.3, 0.4) is 0 Å². The van der Waals surface area contributed by atoms with E-state index in [2.05, 4.69) is 15.3 Å². The second-order valence-electron chi connectivity index (χ2n) is 6.00. The molecule has 28 heavy (non-hydrogen) atoms. The van der Waals surface area contributed by atoms with Crippen molar-refractivity contribution in [2.24, 2.45) is 0 Å². The van der Waals surface area contributed by atoms with Crippen molar-refractivity contribution in [3.05, 3.63) is 88.1 Å². The lowest BCUT2D eigenvalue weighted by atomic mass is 10.1. The molecule has 8 nitrogen and oxygen atoms in total. The summed E-state index contributed by atoms with van der Waals surface area (Å²) in [5.74, 6) is -0.0365. The summed E-state index contributed by atoms with van der Waals surface area (Å²) in [5.41, 5.74) is 2.58. The van der Waals surface area contributed by atoms with E-state index in [9.17, 15) is 14.9 Å². The number of pyridine rings is 1. The second kappa shape index (κ2) is 7.28. The summed E-state index contributed by atoms with van der Waals surface area (Å²) in [6, 6.07) is 16.7. The number of para-hydroxylation sites is 1. The predicted octanol–water partition coefficient (Wildman–Crippen LogP) is 3.73. The molecule has 0 spiro atoms. The van der Waals surface area contributed by atoms with Crippen molar-refractivity contribution in [1.29, 1.82) is 0 Å². The van der Waals surface area contributed by atoms with E-state index in [0.717, 1.165) is 11.1 Å². The van der Waals surface area contributed by atoms with Gasteiger partial charge in [0.25, 0.3) is 11.6 Å². The van der Waals surface area contributed by atoms with Gasteiger partial charge in [0.2, 0.25) is 5.89 Å². The second-order valence-corrected chi connectivity index (χ2v) is 6.00. The number of nitro groups is 1. The molecule has 0 aliphatic carbocycles. The smallest absolute Gasteiger partial charge is 0.282 e. The molecule has 0 atom stereocenters. The number of amides is 1. The third-order valence-electron chi connectivity index (χ3n) is 4.16. The van der Waals surface area contributed by atoms with Gasteiger partial charge in [0, 0.05) is 24.4 Å². The van der Waals surface area contributed by atoms with Crippen LogP contribution >= 0.6 is 0 Å². The van der Waals surface area contributed by atoms with Gasteiger partial charge >= 0.3 is 0 Å². The Morgan fingerprint density at radius 3 is 2.61 bits per heavy atom. The fraction of sp³-hybridized carbons (Fsp3) is 0.0500. The number of nitrogens with one attached hydrogen (secondary N) is 1. The fourth-order valence-electron chi connectivity index (χ4n) is 2.76. The number of fused-ring (bicyclic) bond motifs is 1. The number of carbonyl (C=O) groups is 1. The quantitative estimate of drug-likeness (QED) is 0.421. The first-order valence-corrected chi connectivity index (χ1v) is 8.44. The molecule has 0 saturated heterocycles. The van der Waals surface area contributed by atoms with E-state index >= 15 is 0 Å². The van der Waals surface area contributed by atoms with E-state index in [0.29, 0.717) is 17.1 Å². The lowest BCUT2D eigenvalue weighted by molar-refractivity contribution is -0.385. The van der Waals surface area contributed by atoms with Crippen LogP contribution in [0.15, 0.2) is 71.3 Å². The summed E-state index contributed by atoms with van der Waals surface area (Å²) in [4.78, 5) is 31.2. The van der Waals surface area contributed by atoms with Crippen LogP contribution in [0.5, 0.6) is 0 Å². The Morgan fingerprint density at radius 2 is 1.86 bits per heavy atom. The topological polar surface area (TPSA) is 111 Å². The number of nitro benzene ring substituents is 1. The summed E-state index contributed by atoms with van der Waals surface area (Å²) in [6.45, 7) is 0.236. The molecule has 4 rings (SSSR count). The lowest BCUT2D eigenvalue weighted by Gasteiger charge is -2.06. The third-order valence-corrected chi connectivity index (χ3v) is 4.16. The number of hydrogen-bond acceptors (Lipinski definition) is 6. The molecule has 1 N–H and O–H groups in total. The highest BCUT2D eigenvalue weighted by Gasteiger charge is 2.18. The van der Waals surface area contributed by atoms with Crippen molar-refractivity contribution in [1.82, 2.24) is 15.3 Å². The van der Waals surface area contributed by atoms with Gasteiger partial charge in [0.1, 0.15) is 5.56 Å². The summed E-state index contributed by atoms with van der Waals surface area (Å²) in [5, 5.41) is 13.7. The van der Waals surface area contributed by atoms with Gasteiger partial charge in [-0.05, 0) is 35.9 Å². The highest BCUT2D eigenvalue weighted by Crippen LogP contribution is 2.23. The Morgan fingerprint density at radius 1 is 1.07 bits per heavy atom. The molecule has 0 unspecified atom stereocenters. The zero-order valence-electron chi connectivity index (χ0n) is 14.5. The minimum atomic E-state index is -0.571. The molecule has 2 aromatic heterocycles. The fourth-order valence-corrected chi connectivity index (χ4v) is 2.76. The number of rotatable bonds is 5. The van der Waals surface area contributed by atoms with Crippen molar-refractivity contribution in [2.45, 2.75) is 6.54 Å². The molecule has 0 fully saturated rings. The molecule has 0 aliphatic heterocycles. The zero-order valence-corrected chi connectivity index (χ0v) is 14.5. The third kappa shape index (κ3) is 3.43. The monoisotopic (exact) mass is 374 g/mol. The maximum atomic E-state index is 12.3. The van der Waals surface area contributed by atoms with Gasteiger partial charge in [-0.25, -0.2) is 4.98 Å². The van der Waals surface area contributed by atoms with Crippen LogP contribution in [0.25, 0.3) is 22.7 Å². The van der Waals surface area contributed by atoms with Crippen LogP contribution in [0.1, 0.15) is 15.9 Å². The van der Waals surface area contributed by atoms with Crippen molar-refractivity contribution in [2.75, 3.05) is 0 Å². The molecule has 2 aromatic carbocycles. The highest BCUT2D eigenvalue weighted by molar-refractivity contribution is 5.98. The van der Waals surface area contributed by atoms with Gasteiger partial charge < -0.3 is 9.73 Å². The first-order chi connectivity index (χ1) is 13.6. The first-order valence-electron chi connectivity index (χ1n) is 8.44. The van der Waals surface area contributed by atoms with Gasteiger partial charge in [-0.15, -0.1) is 0 Å². The van der Waals surface area contributed by atoms with E-state index < -0.39 is 10.8 Å². The molecule has 2 heterocycles. The van der Waals surface area contributed by atoms with Gasteiger partial charge in [-0.1, -0.05) is 24.3 Å². The Balaban J connectivity index is 1.46. The van der Waals surface area contributed by atoms with Crippen molar-refractivity contribution < 1.29 is 14.1 Å². The number of benzene rings is 2. The molecule has 0 saturated carbocycles. The zero-order chi connectivity index (χ0) is 19.5. The number of oxazole rings is 1. The van der Waals surface area contributed by atoms with Gasteiger partial charge in [0.15, 0.2) is 11.2 Å². The molecule has 4 aromatic rings. The minimum absolute atomic E-state index is 0.0306. The van der Waals surface area contributed by atoms with Gasteiger partial charge in [-0.2, -0.15) is 4.98 Å². The van der Waals surface area contributed by atoms with E-state index in [1.165, 1.54) is 18.2 Å². The maximum Gasteiger partial charge on any atom is 0.282 e. The summed E-state index contributed by atoms with van der Waals surface area (Å²) in [7, 11) is 0. The summed E-state index contributed by atoms with van der Waals surface area (Å²) < 4.78 is 5.68. The van der Waals surface area contributed by atoms with Crippen molar-refractivity contribution in [3.8, 4) is 11.5 Å². The Hall–Kier alpha value is -4.07. The molecule has 138 valence electrons. The number of aromatic nitrogens is 2. The normalized spacial score (nSPS) is 10.7. The molecule has 1 amide bonds. The average Bonchev–Trinajstić information content (AvgIpc) is 3.16. The molecule has 8 heteroatoms. The van der Waals surface area contributed by atoms with E-state index in [1.54, 1.807) is 24.4 Å². The van der Waals surface area contributed by atoms with Crippen LogP contribution in [0.2, 0.25) is 0 Å². The number of carbonyl (C=O) groups excluding carboxylic acids is 1. The highest BCUT2D eigenvalue weighted by atomic mass is 16.6. The molecule has 0 bridgehead atoms. The van der Waals surface area contributed by atoms with Gasteiger partial charge in [0.05, 0.1) is 4.92 Å². The maximum absolute atomic E-state index is 12.3. The molecular weight excluding hydrogens is 360 g/mol. The van der Waals surface area contributed by atoms with E-state index in [-0.39, 0.29) is 17.8 Å². The molecule has 0 aliphatic rings. The van der Waals surface area contributed by atoms with E-state index in [1.807, 2.05) is 24.3 Å². The van der Waals surface area contributed by atoms with Gasteiger partial charge in [-0.3, -0.25) is 14.9 Å². The summed E-state index contributed by atoms with van der Waals surface area (Å²) >= 11 is 0. The Kier molecular flexibility index (Phi) is 4.51. The summed E-state index contributed by atoms with van der Waals surface area (Å²) in [6.07, 6.45) is 1.65. The SMILES string of the molecule is O=C(NCc1ccc(-c2nc3ncccc3o2)cc1)c1ccccc1[N+](=O)[O-]. The van der Waals surface area contributed by atoms with Crippen molar-refractivity contribution >= 4 is 22.8 Å². The Labute approximate surface area is 159 Å². The number of nitrogens with zero attached hydrogens (tertiary/aromatic N) is 3. The standard InChI is InChI=1S/C20H14N4O4/c25-19(15-4-1-2-5-16(15)24(26)27)22-12-13-7-9-14(10-8-13)20-23-18-17(28-20)6-3-11-21-18/h1-11H,12H2,(H,22,25). The van der Waals surface area contributed by atoms with Crippen molar-refractivity contribution in [3.63, 3.8) is 0 Å². The Bertz CT molecular complexity index is 1140.